The Balaban J connectivity index is 2.22. The van der Waals surface area contributed by atoms with Crippen molar-refractivity contribution in [3.63, 3.8) is 0 Å². The number of unbranched alkanes of at least 4 members (excludes halogenated alkanes) is 5. The summed E-state index contributed by atoms with van der Waals surface area (Å²) in [7, 11) is 0. The first-order chi connectivity index (χ1) is 8.29. The highest BCUT2D eigenvalue weighted by Crippen LogP contribution is 2.07. The quantitative estimate of drug-likeness (QED) is 0.455. The molecule has 1 aromatic rings. The Hall–Kier alpha value is -0.790. The fourth-order valence-electron chi connectivity index (χ4n) is 2.32. The number of nitrogens with zero attached hydrogens (tertiary/aromatic N) is 2. The van der Waals surface area contributed by atoms with Crippen LogP contribution in [0, 0.1) is 6.92 Å². The summed E-state index contributed by atoms with van der Waals surface area (Å²) in [5, 5.41) is 0. The third kappa shape index (κ3) is 4.93. The van der Waals surface area contributed by atoms with E-state index in [0.29, 0.717) is 0 Å². The fourth-order valence-corrected chi connectivity index (χ4v) is 2.32. The lowest BCUT2D eigenvalue weighted by Crippen LogP contribution is -2.35. The highest BCUT2D eigenvalue weighted by Gasteiger charge is 2.10. The van der Waals surface area contributed by atoms with Gasteiger partial charge in [-0.15, -0.1) is 0 Å². The number of rotatable bonds is 9. The van der Waals surface area contributed by atoms with E-state index < -0.39 is 0 Å². The maximum atomic E-state index is 2.40. The predicted octanol–water partition coefficient (Wildman–Crippen LogP) is 3.85. The minimum atomic E-state index is 1.15. The molecule has 0 saturated carbocycles. The first kappa shape index (κ1) is 14.3. The normalized spacial score (nSPS) is 11.0. The molecule has 0 aromatic carbocycles. The van der Waals surface area contributed by atoms with Crippen LogP contribution < -0.4 is 4.57 Å². The first-order valence-corrected chi connectivity index (χ1v) is 7.34. The SMILES string of the molecule is CCCCCCCCn1cc[n+](CCC)c1C. The van der Waals surface area contributed by atoms with E-state index >= 15 is 0 Å². The molecule has 0 spiro atoms. The van der Waals surface area contributed by atoms with Gasteiger partial charge in [0.15, 0.2) is 0 Å². The highest BCUT2D eigenvalue weighted by molar-refractivity contribution is 4.79. The Morgan fingerprint density at radius 1 is 1.00 bits per heavy atom. The molecule has 0 fully saturated rings. The van der Waals surface area contributed by atoms with Crippen LogP contribution in [0.5, 0.6) is 0 Å². The van der Waals surface area contributed by atoms with Gasteiger partial charge in [-0.1, -0.05) is 39.5 Å². The number of hydrogen-bond acceptors (Lipinski definition) is 0. The molecule has 0 aliphatic rings. The van der Waals surface area contributed by atoms with Gasteiger partial charge < -0.3 is 0 Å². The standard InChI is InChI=1S/C15H29N2/c1-4-6-7-8-9-10-12-17-14-13-16(11-5-2)15(17)3/h13-14H,4-12H2,1-3H3/q+1. The Labute approximate surface area is 107 Å². The lowest BCUT2D eigenvalue weighted by atomic mass is 10.1. The van der Waals surface area contributed by atoms with Crippen LogP contribution in [0.3, 0.4) is 0 Å². The van der Waals surface area contributed by atoms with Gasteiger partial charge in [-0.25, -0.2) is 9.13 Å². The molecule has 0 amide bonds. The van der Waals surface area contributed by atoms with Crippen molar-refractivity contribution in [3.8, 4) is 0 Å². The molecule has 0 bridgehead atoms. The molecule has 0 aliphatic carbocycles. The fraction of sp³-hybridized carbons (Fsp3) is 0.800. The van der Waals surface area contributed by atoms with E-state index in [9.17, 15) is 0 Å². The van der Waals surface area contributed by atoms with Crippen LogP contribution in [0.2, 0.25) is 0 Å². The number of aryl methyl sites for hydroxylation is 2. The van der Waals surface area contributed by atoms with Gasteiger partial charge >= 0.3 is 0 Å². The van der Waals surface area contributed by atoms with E-state index in [4.69, 9.17) is 0 Å². The largest absolute Gasteiger partial charge is 0.253 e. The molecule has 0 radical (unpaired) electrons. The van der Waals surface area contributed by atoms with E-state index in [1.54, 1.807) is 0 Å². The summed E-state index contributed by atoms with van der Waals surface area (Å²) in [6.07, 6.45) is 13.9. The molecule has 0 atom stereocenters. The highest BCUT2D eigenvalue weighted by atomic mass is 15.1. The van der Waals surface area contributed by atoms with Gasteiger partial charge in [-0.3, -0.25) is 0 Å². The lowest BCUT2D eigenvalue weighted by Gasteiger charge is -2.01. The van der Waals surface area contributed by atoms with Gasteiger partial charge in [-0.05, 0) is 19.3 Å². The first-order valence-electron chi connectivity index (χ1n) is 7.34. The summed E-state index contributed by atoms with van der Waals surface area (Å²) in [6.45, 7) is 9.07. The van der Waals surface area contributed by atoms with Gasteiger partial charge in [0.1, 0.15) is 12.4 Å². The van der Waals surface area contributed by atoms with Crippen LogP contribution in [-0.2, 0) is 13.1 Å². The van der Waals surface area contributed by atoms with E-state index in [0.717, 1.165) is 6.54 Å². The summed E-state index contributed by atoms with van der Waals surface area (Å²) in [5.41, 5.74) is 0. The van der Waals surface area contributed by atoms with Crippen molar-refractivity contribution < 1.29 is 4.57 Å². The molecular formula is C15H29N2+. The van der Waals surface area contributed by atoms with Gasteiger partial charge in [0.25, 0.3) is 5.82 Å². The summed E-state index contributed by atoms with van der Waals surface area (Å²) < 4.78 is 4.76. The van der Waals surface area contributed by atoms with E-state index in [-0.39, 0.29) is 0 Å². The van der Waals surface area contributed by atoms with Crippen molar-refractivity contribution in [2.45, 2.75) is 78.8 Å². The van der Waals surface area contributed by atoms with E-state index in [1.807, 2.05) is 0 Å². The maximum Gasteiger partial charge on any atom is 0.253 e. The van der Waals surface area contributed by atoms with Gasteiger partial charge in [-0.2, -0.15) is 0 Å². The molecule has 1 heterocycles. The molecule has 0 unspecified atom stereocenters. The van der Waals surface area contributed by atoms with Gasteiger partial charge in [0, 0.05) is 6.92 Å². The molecule has 1 rings (SSSR count). The van der Waals surface area contributed by atoms with Crippen molar-refractivity contribution in [1.29, 1.82) is 0 Å². The molecule has 0 aliphatic heterocycles. The summed E-state index contributed by atoms with van der Waals surface area (Å²) in [5.74, 6) is 1.40. The molecule has 0 N–H and O–H groups in total. The van der Waals surface area contributed by atoms with E-state index in [2.05, 4.69) is 42.3 Å². The van der Waals surface area contributed by atoms with Crippen molar-refractivity contribution in [3.05, 3.63) is 18.2 Å². The van der Waals surface area contributed by atoms with Gasteiger partial charge in [0.05, 0.1) is 13.1 Å². The van der Waals surface area contributed by atoms with Crippen molar-refractivity contribution in [2.24, 2.45) is 0 Å². The molecule has 0 saturated heterocycles. The summed E-state index contributed by atoms with van der Waals surface area (Å²) in [6, 6.07) is 0. The Bertz CT molecular complexity index is 302. The number of hydrogen-bond donors (Lipinski definition) is 0. The van der Waals surface area contributed by atoms with E-state index in [1.165, 1.54) is 57.3 Å². The third-order valence-corrected chi connectivity index (χ3v) is 3.47. The minimum absolute atomic E-state index is 1.15. The molecule has 98 valence electrons. The van der Waals surface area contributed by atoms with Gasteiger partial charge in [0.2, 0.25) is 0 Å². The molecule has 2 nitrogen and oxygen atoms in total. The van der Waals surface area contributed by atoms with Crippen LogP contribution in [0.25, 0.3) is 0 Å². The molecule has 17 heavy (non-hydrogen) atoms. The number of aromatic nitrogens is 2. The zero-order valence-electron chi connectivity index (χ0n) is 11.9. The second kappa shape index (κ2) is 8.32. The minimum Gasteiger partial charge on any atom is -0.235 e. The van der Waals surface area contributed by atoms with Crippen molar-refractivity contribution in [2.75, 3.05) is 0 Å². The monoisotopic (exact) mass is 237 g/mol. The van der Waals surface area contributed by atoms with Crippen LogP contribution in [-0.4, -0.2) is 4.57 Å². The Morgan fingerprint density at radius 2 is 1.71 bits per heavy atom. The average molecular weight is 237 g/mol. The second-order valence-electron chi connectivity index (χ2n) is 5.00. The molecular weight excluding hydrogens is 208 g/mol. The average Bonchev–Trinajstić information content (AvgIpc) is 2.67. The van der Waals surface area contributed by atoms with Crippen LogP contribution >= 0.6 is 0 Å². The Morgan fingerprint density at radius 3 is 2.41 bits per heavy atom. The zero-order valence-corrected chi connectivity index (χ0v) is 11.9. The van der Waals surface area contributed by atoms with Crippen LogP contribution in [0.15, 0.2) is 12.4 Å². The molecule has 2 heteroatoms. The molecule has 1 aromatic heterocycles. The van der Waals surface area contributed by atoms with Crippen LogP contribution in [0.4, 0.5) is 0 Å². The lowest BCUT2D eigenvalue weighted by molar-refractivity contribution is -0.702. The van der Waals surface area contributed by atoms with Crippen LogP contribution in [0.1, 0.15) is 64.6 Å². The second-order valence-corrected chi connectivity index (χ2v) is 5.00. The maximum absolute atomic E-state index is 2.40. The Kier molecular flexibility index (Phi) is 6.99. The number of imidazole rings is 1. The van der Waals surface area contributed by atoms with Crippen molar-refractivity contribution >= 4 is 0 Å². The topological polar surface area (TPSA) is 8.81 Å². The predicted molar refractivity (Wildman–Crippen MR) is 73.0 cm³/mol. The summed E-state index contributed by atoms with van der Waals surface area (Å²) >= 11 is 0. The smallest absolute Gasteiger partial charge is 0.235 e. The zero-order chi connectivity index (χ0) is 12.5. The summed E-state index contributed by atoms with van der Waals surface area (Å²) in [4.78, 5) is 0. The third-order valence-electron chi connectivity index (χ3n) is 3.47. The van der Waals surface area contributed by atoms with Crippen molar-refractivity contribution in [1.82, 2.24) is 4.57 Å².